The Morgan fingerprint density at radius 1 is 1.23 bits per heavy atom. The summed E-state index contributed by atoms with van der Waals surface area (Å²) < 4.78 is 9.72. The van der Waals surface area contributed by atoms with Gasteiger partial charge in [0.15, 0.2) is 17.2 Å². The molecule has 22 heavy (non-hydrogen) atoms. The van der Waals surface area contributed by atoms with E-state index in [-0.39, 0.29) is 17.7 Å². The summed E-state index contributed by atoms with van der Waals surface area (Å²) in [5, 5.41) is 36.4. The molecule has 8 heteroatoms. The summed E-state index contributed by atoms with van der Waals surface area (Å²) >= 11 is 0. The molecule has 0 radical (unpaired) electrons. The lowest BCUT2D eigenvalue weighted by Gasteiger charge is -2.13. The number of hydrogen-bond acceptors (Lipinski definition) is 8. The molecule has 1 unspecified atom stereocenters. The predicted molar refractivity (Wildman–Crippen MR) is 73.7 cm³/mol. The topological polar surface area (TPSA) is 134 Å². The normalized spacial score (nSPS) is 12.5. The molecule has 0 saturated carbocycles. The lowest BCUT2D eigenvalue weighted by atomic mass is 10.2. The molecule has 4 N–H and O–H groups in total. The van der Waals surface area contributed by atoms with E-state index in [1.165, 1.54) is 13.8 Å². The molecule has 1 atom stereocenters. The summed E-state index contributed by atoms with van der Waals surface area (Å²) in [5.74, 6) is -3.73. The number of benzene rings is 1. The third-order valence-corrected chi connectivity index (χ3v) is 2.58. The quantitative estimate of drug-likeness (QED) is 0.277. The van der Waals surface area contributed by atoms with Crippen LogP contribution in [0.1, 0.15) is 24.2 Å². The van der Waals surface area contributed by atoms with Gasteiger partial charge < -0.3 is 29.9 Å². The van der Waals surface area contributed by atoms with Gasteiger partial charge in [0.05, 0.1) is 17.4 Å². The molecular weight excluding hydrogens is 296 g/mol. The Balaban J connectivity index is 2.61. The summed E-state index contributed by atoms with van der Waals surface area (Å²) in [5.41, 5.74) is -0.190. The number of esters is 2. The number of aliphatic hydroxyl groups excluding tert-OH is 1. The monoisotopic (exact) mass is 312 g/mol. The van der Waals surface area contributed by atoms with Gasteiger partial charge in [-0.15, -0.1) is 0 Å². The van der Waals surface area contributed by atoms with Crippen molar-refractivity contribution in [2.75, 3.05) is 6.61 Å². The second-order valence-electron chi connectivity index (χ2n) is 4.49. The molecule has 0 aliphatic heterocycles. The first kappa shape index (κ1) is 17.2. The van der Waals surface area contributed by atoms with E-state index in [0.29, 0.717) is 6.26 Å². The van der Waals surface area contributed by atoms with E-state index < -0.39 is 35.3 Å². The first-order chi connectivity index (χ1) is 10.3. The van der Waals surface area contributed by atoms with Gasteiger partial charge in [-0.3, -0.25) is 0 Å². The van der Waals surface area contributed by atoms with Gasteiger partial charge in [0.1, 0.15) is 12.7 Å². The van der Waals surface area contributed by atoms with Crippen LogP contribution in [0, 0.1) is 0 Å². The average molecular weight is 312 g/mol. The van der Waals surface area contributed by atoms with Crippen molar-refractivity contribution in [2.24, 2.45) is 0 Å². The number of aliphatic hydroxyl groups is 1. The summed E-state index contributed by atoms with van der Waals surface area (Å²) in [6.07, 6.45) is -0.172. The molecule has 0 spiro atoms. The largest absolute Gasteiger partial charge is 0.515 e. The van der Waals surface area contributed by atoms with E-state index in [1.54, 1.807) is 0 Å². The molecule has 0 fully saturated rings. The fraction of sp³-hybridized carbons (Fsp3) is 0.286. The van der Waals surface area contributed by atoms with E-state index in [0.717, 1.165) is 12.1 Å². The van der Waals surface area contributed by atoms with Crippen LogP contribution in [0.4, 0.5) is 0 Å². The lowest BCUT2D eigenvalue weighted by Crippen LogP contribution is -2.22. The molecule has 0 saturated heterocycles. The average Bonchev–Trinajstić information content (AvgIpc) is 2.48. The van der Waals surface area contributed by atoms with Crippen molar-refractivity contribution in [2.45, 2.75) is 20.0 Å². The lowest BCUT2D eigenvalue weighted by molar-refractivity contribution is -0.145. The second kappa shape index (κ2) is 7.21. The maximum absolute atomic E-state index is 11.7. The molecule has 0 aliphatic rings. The SMILES string of the molecule is C/C(=C\O)C(=O)OC(C)COC(=O)c1cc(O)c(O)c(O)c1. The molecular formula is C14H16O8. The zero-order chi connectivity index (χ0) is 16.9. The van der Waals surface area contributed by atoms with Crippen LogP contribution >= 0.6 is 0 Å². The zero-order valence-electron chi connectivity index (χ0n) is 11.9. The van der Waals surface area contributed by atoms with Crippen LogP contribution in [0.15, 0.2) is 24.0 Å². The number of aromatic hydroxyl groups is 3. The smallest absolute Gasteiger partial charge is 0.338 e. The highest BCUT2D eigenvalue weighted by molar-refractivity contribution is 5.91. The molecule has 120 valence electrons. The molecule has 0 aromatic heterocycles. The number of phenols is 3. The third-order valence-electron chi connectivity index (χ3n) is 2.58. The first-order valence-corrected chi connectivity index (χ1v) is 6.20. The van der Waals surface area contributed by atoms with E-state index in [4.69, 9.17) is 19.7 Å². The minimum Gasteiger partial charge on any atom is -0.515 e. The Kier molecular flexibility index (Phi) is 5.62. The molecule has 1 rings (SSSR count). The molecule has 0 aliphatic carbocycles. The van der Waals surface area contributed by atoms with E-state index in [1.807, 2.05) is 0 Å². The van der Waals surface area contributed by atoms with Crippen LogP contribution in [0.25, 0.3) is 0 Å². The van der Waals surface area contributed by atoms with Gasteiger partial charge >= 0.3 is 11.9 Å². The second-order valence-corrected chi connectivity index (χ2v) is 4.49. The Hall–Kier alpha value is -2.90. The highest BCUT2D eigenvalue weighted by Gasteiger charge is 2.17. The molecule has 1 aromatic carbocycles. The maximum atomic E-state index is 11.7. The molecule has 0 bridgehead atoms. The summed E-state index contributed by atoms with van der Waals surface area (Å²) in [7, 11) is 0. The Labute approximate surface area is 125 Å². The number of carbonyl (C=O) groups excluding carboxylic acids is 2. The zero-order valence-corrected chi connectivity index (χ0v) is 11.9. The van der Waals surface area contributed by atoms with Crippen molar-refractivity contribution >= 4 is 11.9 Å². The van der Waals surface area contributed by atoms with Crippen LogP contribution in [-0.4, -0.2) is 45.1 Å². The van der Waals surface area contributed by atoms with Crippen molar-refractivity contribution in [3.05, 3.63) is 29.5 Å². The molecule has 1 aromatic rings. The predicted octanol–water partition coefficient (Wildman–Crippen LogP) is 1.35. The number of hydrogen-bond donors (Lipinski definition) is 4. The van der Waals surface area contributed by atoms with E-state index >= 15 is 0 Å². The van der Waals surface area contributed by atoms with Gasteiger partial charge in [0.2, 0.25) is 0 Å². The fourth-order valence-electron chi connectivity index (χ4n) is 1.36. The summed E-state index contributed by atoms with van der Waals surface area (Å²) in [6.45, 7) is 2.55. The minimum atomic E-state index is -0.886. The third kappa shape index (κ3) is 4.30. The van der Waals surface area contributed by atoms with E-state index in [2.05, 4.69) is 0 Å². The van der Waals surface area contributed by atoms with Gasteiger partial charge in [0, 0.05) is 0 Å². The number of phenolic OH excluding ortho intramolecular Hbond substituents is 3. The first-order valence-electron chi connectivity index (χ1n) is 6.20. The van der Waals surface area contributed by atoms with Crippen molar-refractivity contribution < 1.29 is 39.5 Å². The summed E-state index contributed by atoms with van der Waals surface area (Å²) in [4.78, 5) is 23.1. The van der Waals surface area contributed by atoms with Crippen LogP contribution in [0.3, 0.4) is 0 Å². The number of ether oxygens (including phenoxy) is 2. The van der Waals surface area contributed by atoms with Gasteiger partial charge in [-0.25, -0.2) is 9.59 Å². The molecule has 0 amide bonds. The standard InChI is InChI=1S/C14H16O8/c1-7(5-15)13(19)22-8(2)6-21-14(20)9-3-10(16)12(18)11(17)4-9/h3-5,8,15-18H,6H2,1-2H3/b7-5+. The molecule has 0 heterocycles. The van der Waals surface area contributed by atoms with Crippen molar-refractivity contribution in [3.63, 3.8) is 0 Å². The Bertz CT molecular complexity index is 582. The van der Waals surface area contributed by atoms with Crippen LogP contribution in [0.5, 0.6) is 17.2 Å². The van der Waals surface area contributed by atoms with Crippen molar-refractivity contribution in [3.8, 4) is 17.2 Å². The van der Waals surface area contributed by atoms with Crippen LogP contribution < -0.4 is 0 Å². The van der Waals surface area contributed by atoms with Gasteiger partial charge in [-0.2, -0.15) is 0 Å². The van der Waals surface area contributed by atoms with E-state index in [9.17, 15) is 19.8 Å². The minimum absolute atomic E-state index is 0.00782. The number of rotatable bonds is 5. The Morgan fingerprint density at radius 2 is 1.77 bits per heavy atom. The van der Waals surface area contributed by atoms with Gasteiger partial charge in [-0.1, -0.05) is 0 Å². The maximum Gasteiger partial charge on any atom is 0.338 e. The van der Waals surface area contributed by atoms with Gasteiger partial charge in [0.25, 0.3) is 0 Å². The van der Waals surface area contributed by atoms with Crippen molar-refractivity contribution in [1.29, 1.82) is 0 Å². The highest BCUT2D eigenvalue weighted by atomic mass is 16.6. The van der Waals surface area contributed by atoms with Crippen LogP contribution in [0.2, 0.25) is 0 Å². The van der Waals surface area contributed by atoms with Crippen molar-refractivity contribution in [1.82, 2.24) is 0 Å². The molecule has 8 nitrogen and oxygen atoms in total. The fourth-order valence-corrected chi connectivity index (χ4v) is 1.36. The van der Waals surface area contributed by atoms with Gasteiger partial charge in [-0.05, 0) is 26.0 Å². The number of carbonyl (C=O) groups is 2. The van der Waals surface area contributed by atoms with Crippen LogP contribution in [-0.2, 0) is 14.3 Å². The highest BCUT2D eigenvalue weighted by Crippen LogP contribution is 2.35. The summed E-state index contributed by atoms with van der Waals surface area (Å²) in [6, 6.07) is 1.85. The Morgan fingerprint density at radius 3 is 2.27 bits per heavy atom.